The molecule has 0 amide bonds. The smallest absolute Gasteiger partial charge is 0.213 e. The van der Waals surface area contributed by atoms with Crippen molar-refractivity contribution >= 4 is 15.9 Å². The number of nitrogens with one attached hydrogen (secondary N) is 1. The highest BCUT2D eigenvalue weighted by atomic mass is 79.9. The number of aromatic nitrogens is 2. The third-order valence-electron chi connectivity index (χ3n) is 3.33. The van der Waals surface area contributed by atoms with Crippen LogP contribution in [-0.2, 0) is 12.8 Å². The summed E-state index contributed by atoms with van der Waals surface area (Å²) in [5.41, 5.74) is 2.87. The molecule has 4 nitrogen and oxygen atoms in total. The number of rotatable bonds is 4. The first-order valence-electron chi connectivity index (χ1n) is 6.10. The summed E-state index contributed by atoms with van der Waals surface area (Å²) >= 11 is 3.52. The Hall–Kier alpha value is -1.20. The summed E-state index contributed by atoms with van der Waals surface area (Å²) in [6, 6.07) is 6.99. The lowest BCUT2D eigenvalue weighted by molar-refractivity contribution is 0.408. The van der Waals surface area contributed by atoms with Gasteiger partial charge in [0, 0.05) is 23.5 Å². The van der Waals surface area contributed by atoms with Crippen molar-refractivity contribution in [2.75, 3.05) is 6.54 Å². The molecular weight excluding hydrogens is 294 g/mol. The lowest BCUT2D eigenvalue weighted by Crippen LogP contribution is -2.22. The first kappa shape index (κ1) is 11.9. The van der Waals surface area contributed by atoms with E-state index < -0.39 is 0 Å². The van der Waals surface area contributed by atoms with Gasteiger partial charge in [0.2, 0.25) is 6.39 Å². The summed E-state index contributed by atoms with van der Waals surface area (Å²) in [5, 5.41) is 7.36. The molecule has 1 N–H and O–H groups in total. The minimum absolute atomic E-state index is 0.458. The van der Waals surface area contributed by atoms with Crippen molar-refractivity contribution in [3.8, 4) is 0 Å². The van der Waals surface area contributed by atoms with E-state index in [4.69, 9.17) is 4.52 Å². The number of hydrogen-bond donors (Lipinski definition) is 1. The maximum Gasteiger partial charge on any atom is 0.213 e. The predicted octanol–water partition coefficient (Wildman–Crippen LogP) is 2.65. The van der Waals surface area contributed by atoms with Gasteiger partial charge in [0.25, 0.3) is 0 Å². The molecule has 1 unspecified atom stereocenters. The molecule has 1 aliphatic carbocycles. The van der Waals surface area contributed by atoms with Crippen molar-refractivity contribution in [3.05, 3.63) is 46.0 Å². The van der Waals surface area contributed by atoms with Crippen LogP contribution in [0.2, 0.25) is 0 Å². The Labute approximate surface area is 114 Å². The van der Waals surface area contributed by atoms with Gasteiger partial charge in [-0.2, -0.15) is 4.98 Å². The van der Waals surface area contributed by atoms with E-state index in [1.807, 2.05) is 0 Å². The third kappa shape index (κ3) is 2.47. The maximum absolute atomic E-state index is 4.71. The van der Waals surface area contributed by atoms with Crippen LogP contribution in [0, 0.1) is 0 Å². The van der Waals surface area contributed by atoms with E-state index in [1.165, 1.54) is 17.5 Å². The van der Waals surface area contributed by atoms with Crippen LogP contribution in [0.15, 0.2) is 33.6 Å². The lowest BCUT2D eigenvalue weighted by Gasteiger charge is -2.13. The molecule has 1 aromatic carbocycles. The SMILES string of the molecule is Brc1ccc2c(c1)CCC2NCCc1ncon1. The summed E-state index contributed by atoms with van der Waals surface area (Å²) in [7, 11) is 0. The lowest BCUT2D eigenvalue weighted by atomic mass is 10.1. The highest BCUT2D eigenvalue weighted by molar-refractivity contribution is 9.10. The fraction of sp³-hybridized carbons (Fsp3) is 0.385. The predicted molar refractivity (Wildman–Crippen MR) is 71.2 cm³/mol. The van der Waals surface area contributed by atoms with Gasteiger partial charge < -0.3 is 9.84 Å². The van der Waals surface area contributed by atoms with Gasteiger partial charge in [-0.05, 0) is 36.1 Å². The fourth-order valence-electron chi connectivity index (χ4n) is 2.46. The standard InChI is InChI=1S/C13H14BrN3O/c14-10-2-3-11-9(7-10)1-4-12(11)15-6-5-13-16-8-18-17-13/h2-3,7-8,12,15H,1,4-6H2. The van der Waals surface area contributed by atoms with Gasteiger partial charge in [0.15, 0.2) is 5.82 Å². The Balaban J connectivity index is 1.59. The minimum Gasteiger partial charge on any atom is -0.343 e. The Morgan fingerprint density at radius 2 is 2.39 bits per heavy atom. The van der Waals surface area contributed by atoms with Crippen molar-refractivity contribution in [1.82, 2.24) is 15.5 Å². The molecule has 5 heteroatoms. The first-order valence-corrected chi connectivity index (χ1v) is 6.89. The Morgan fingerprint density at radius 1 is 1.44 bits per heavy atom. The molecule has 0 aliphatic heterocycles. The van der Waals surface area contributed by atoms with Crippen LogP contribution in [-0.4, -0.2) is 16.7 Å². The Morgan fingerprint density at radius 3 is 3.22 bits per heavy atom. The van der Waals surface area contributed by atoms with E-state index >= 15 is 0 Å². The van der Waals surface area contributed by atoms with Gasteiger partial charge in [0.1, 0.15) is 0 Å². The second-order valence-corrected chi connectivity index (χ2v) is 5.40. The van der Waals surface area contributed by atoms with Gasteiger partial charge in [-0.25, -0.2) is 0 Å². The first-order chi connectivity index (χ1) is 8.83. The number of hydrogen-bond acceptors (Lipinski definition) is 4. The summed E-state index contributed by atoms with van der Waals surface area (Å²) in [6.07, 6.45) is 4.49. The number of fused-ring (bicyclic) bond motifs is 1. The molecule has 0 fully saturated rings. The molecule has 94 valence electrons. The third-order valence-corrected chi connectivity index (χ3v) is 3.82. The van der Waals surface area contributed by atoms with Crippen molar-refractivity contribution < 1.29 is 4.52 Å². The molecule has 18 heavy (non-hydrogen) atoms. The molecule has 0 bridgehead atoms. The van der Waals surface area contributed by atoms with Crippen molar-refractivity contribution in [2.24, 2.45) is 0 Å². The zero-order valence-corrected chi connectivity index (χ0v) is 11.5. The Bertz CT molecular complexity index is 527. The molecule has 1 heterocycles. The minimum atomic E-state index is 0.458. The monoisotopic (exact) mass is 307 g/mol. The van der Waals surface area contributed by atoms with Gasteiger partial charge in [-0.15, -0.1) is 0 Å². The van der Waals surface area contributed by atoms with Crippen LogP contribution in [0.25, 0.3) is 0 Å². The van der Waals surface area contributed by atoms with E-state index in [2.05, 4.69) is 49.6 Å². The molecule has 0 spiro atoms. The average Bonchev–Trinajstić information content (AvgIpc) is 2.99. The highest BCUT2D eigenvalue weighted by Gasteiger charge is 2.21. The van der Waals surface area contributed by atoms with Crippen molar-refractivity contribution in [1.29, 1.82) is 0 Å². The molecule has 0 saturated heterocycles. The van der Waals surface area contributed by atoms with Crippen LogP contribution in [0.1, 0.15) is 29.4 Å². The number of aryl methyl sites for hydroxylation is 1. The van der Waals surface area contributed by atoms with Gasteiger partial charge >= 0.3 is 0 Å². The number of nitrogens with zero attached hydrogens (tertiary/aromatic N) is 2. The van der Waals surface area contributed by atoms with Gasteiger partial charge in [-0.3, -0.25) is 0 Å². The molecule has 1 atom stereocenters. The number of benzene rings is 1. The normalized spacial score (nSPS) is 17.9. The molecule has 3 rings (SSSR count). The summed E-state index contributed by atoms with van der Waals surface area (Å²) in [4.78, 5) is 4.01. The van der Waals surface area contributed by atoms with E-state index in [0.29, 0.717) is 6.04 Å². The fourth-order valence-corrected chi connectivity index (χ4v) is 2.87. The van der Waals surface area contributed by atoms with E-state index in [1.54, 1.807) is 0 Å². The van der Waals surface area contributed by atoms with Crippen LogP contribution in [0.3, 0.4) is 0 Å². The van der Waals surface area contributed by atoms with E-state index in [0.717, 1.165) is 36.1 Å². The molecule has 0 radical (unpaired) electrons. The van der Waals surface area contributed by atoms with Gasteiger partial charge in [0.05, 0.1) is 0 Å². The maximum atomic E-state index is 4.71. The average molecular weight is 308 g/mol. The largest absolute Gasteiger partial charge is 0.343 e. The second kappa shape index (κ2) is 5.20. The van der Waals surface area contributed by atoms with E-state index in [-0.39, 0.29) is 0 Å². The van der Waals surface area contributed by atoms with Crippen molar-refractivity contribution in [3.63, 3.8) is 0 Å². The second-order valence-electron chi connectivity index (χ2n) is 4.49. The van der Waals surface area contributed by atoms with Crippen LogP contribution in [0.4, 0.5) is 0 Å². The molecular formula is C13H14BrN3O. The molecule has 0 saturated carbocycles. The zero-order valence-electron chi connectivity index (χ0n) is 9.90. The topological polar surface area (TPSA) is 51.0 Å². The molecule has 1 aromatic heterocycles. The highest BCUT2D eigenvalue weighted by Crippen LogP contribution is 2.32. The zero-order chi connectivity index (χ0) is 12.4. The summed E-state index contributed by atoms with van der Waals surface area (Å²) < 4.78 is 5.87. The van der Waals surface area contributed by atoms with Crippen LogP contribution >= 0.6 is 15.9 Å². The molecule has 1 aliphatic rings. The summed E-state index contributed by atoms with van der Waals surface area (Å²) in [6.45, 7) is 0.875. The Kier molecular flexibility index (Phi) is 3.43. The van der Waals surface area contributed by atoms with Crippen LogP contribution < -0.4 is 5.32 Å². The number of halogens is 1. The molecule has 2 aromatic rings. The van der Waals surface area contributed by atoms with Crippen LogP contribution in [0.5, 0.6) is 0 Å². The van der Waals surface area contributed by atoms with Crippen molar-refractivity contribution in [2.45, 2.75) is 25.3 Å². The van der Waals surface area contributed by atoms with E-state index in [9.17, 15) is 0 Å². The summed E-state index contributed by atoms with van der Waals surface area (Å²) in [5.74, 6) is 0.761. The quantitative estimate of drug-likeness (QED) is 0.943. The van der Waals surface area contributed by atoms with Gasteiger partial charge in [-0.1, -0.05) is 27.2 Å².